The number of aromatic nitrogens is 2. The van der Waals surface area contributed by atoms with Crippen LogP contribution < -0.4 is 11.1 Å². The number of nitrogens with one attached hydrogen (secondary N) is 1. The first-order valence-corrected chi connectivity index (χ1v) is 4.23. The summed E-state index contributed by atoms with van der Waals surface area (Å²) >= 11 is 0. The maximum atomic E-state index is 9.25. The molecule has 2 heterocycles. The summed E-state index contributed by atoms with van der Waals surface area (Å²) in [6, 6.07) is -0.0252. The van der Waals surface area contributed by atoms with E-state index in [4.69, 9.17) is 10.2 Å². The molecule has 4 N–H and O–H groups in total. The van der Waals surface area contributed by atoms with Gasteiger partial charge in [-0.2, -0.15) is 0 Å². The van der Waals surface area contributed by atoms with E-state index in [9.17, 15) is 5.11 Å². The average molecular weight is 184 g/mol. The van der Waals surface area contributed by atoms with Crippen molar-refractivity contribution in [3.05, 3.63) is 11.8 Å². The monoisotopic (exact) mass is 184 g/mol. The Labute approximate surface area is 75.1 Å². The maximum absolute atomic E-state index is 9.25. The molecule has 2 atom stereocenters. The van der Waals surface area contributed by atoms with Crippen LogP contribution in [0.15, 0.2) is 4.42 Å². The zero-order valence-electron chi connectivity index (χ0n) is 7.10. The van der Waals surface area contributed by atoms with Gasteiger partial charge in [-0.15, -0.1) is 10.2 Å². The number of β-amino-alcohol motifs (C(OH)–C–C–N with tert-alkyl or cyclic N) is 1. The number of aliphatic hydroxyl groups is 1. The molecule has 0 unspecified atom stereocenters. The first kappa shape index (κ1) is 8.61. The van der Waals surface area contributed by atoms with Crippen LogP contribution in [-0.4, -0.2) is 28.0 Å². The molecule has 0 spiro atoms. The number of hydrogen-bond donors (Lipinski definition) is 3. The SMILES string of the molecule is NCc1nnc([C@H]2C[C@@H](O)CN2)o1. The van der Waals surface area contributed by atoms with Crippen LogP contribution in [0.25, 0.3) is 0 Å². The van der Waals surface area contributed by atoms with Crippen LogP contribution in [0.5, 0.6) is 0 Å². The molecular formula is C7H12N4O2. The lowest BCUT2D eigenvalue weighted by molar-refractivity contribution is 0.191. The van der Waals surface area contributed by atoms with Crippen LogP contribution >= 0.6 is 0 Å². The third kappa shape index (κ3) is 1.69. The van der Waals surface area contributed by atoms with E-state index in [1.807, 2.05) is 0 Å². The summed E-state index contributed by atoms with van der Waals surface area (Å²) in [5, 5.41) is 19.9. The second kappa shape index (κ2) is 3.41. The van der Waals surface area contributed by atoms with Crippen LogP contribution in [-0.2, 0) is 6.54 Å². The summed E-state index contributed by atoms with van der Waals surface area (Å²) in [5.41, 5.74) is 5.32. The van der Waals surface area contributed by atoms with E-state index in [1.54, 1.807) is 0 Å². The van der Waals surface area contributed by atoms with Crippen molar-refractivity contribution >= 4 is 0 Å². The first-order valence-electron chi connectivity index (χ1n) is 4.23. The molecule has 1 aliphatic rings. The highest BCUT2D eigenvalue weighted by atomic mass is 16.4. The third-order valence-electron chi connectivity index (χ3n) is 2.06. The van der Waals surface area contributed by atoms with Gasteiger partial charge in [-0.25, -0.2) is 0 Å². The highest BCUT2D eigenvalue weighted by Crippen LogP contribution is 2.21. The van der Waals surface area contributed by atoms with Crippen LogP contribution in [0.3, 0.4) is 0 Å². The minimum Gasteiger partial charge on any atom is -0.422 e. The molecule has 2 rings (SSSR count). The molecule has 1 aliphatic heterocycles. The molecule has 0 aliphatic carbocycles. The smallest absolute Gasteiger partial charge is 0.233 e. The van der Waals surface area contributed by atoms with Crippen LogP contribution in [0.1, 0.15) is 24.2 Å². The van der Waals surface area contributed by atoms with E-state index in [0.717, 1.165) is 0 Å². The van der Waals surface area contributed by atoms with Crippen molar-refractivity contribution in [2.75, 3.05) is 6.54 Å². The van der Waals surface area contributed by atoms with Crippen molar-refractivity contribution in [3.8, 4) is 0 Å². The fourth-order valence-electron chi connectivity index (χ4n) is 1.40. The molecule has 6 heteroatoms. The van der Waals surface area contributed by atoms with Crippen LogP contribution in [0.4, 0.5) is 0 Å². The summed E-state index contributed by atoms with van der Waals surface area (Å²) in [7, 11) is 0. The van der Waals surface area contributed by atoms with E-state index in [0.29, 0.717) is 24.7 Å². The van der Waals surface area contributed by atoms with Gasteiger partial charge in [-0.1, -0.05) is 0 Å². The summed E-state index contributed by atoms with van der Waals surface area (Å²) in [4.78, 5) is 0. The van der Waals surface area contributed by atoms with Gasteiger partial charge in [0.05, 0.1) is 18.7 Å². The molecule has 72 valence electrons. The molecule has 0 aromatic carbocycles. The fraction of sp³-hybridized carbons (Fsp3) is 0.714. The Hall–Kier alpha value is -0.980. The van der Waals surface area contributed by atoms with Gasteiger partial charge in [0.25, 0.3) is 0 Å². The quantitative estimate of drug-likeness (QED) is 0.541. The van der Waals surface area contributed by atoms with Crippen LogP contribution in [0.2, 0.25) is 0 Å². The van der Waals surface area contributed by atoms with Crippen molar-refractivity contribution in [2.45, 2.75) is 25.1 Å². The molecule has 1 aromatic rings. The fourth-order valence-corrected chi connectivity index (χ4v) is 1.40. The zero-order valence-corrected chi connectivity index (χ0v) is 7.10. The van der Waals surface area contributed by atoms with Gasteiger partial charge in [-0.05, 0) is 6.42 Å². The van der Waals surface area contributed by atoms with Crippen LogP contribution in [0, 0.1) is 0 Å². The summed E-state index contributed by atoms with van der Waals surface area (Å²) in [6.07, 6.45) is 0.296. The predicted octanol–water partition coefficient (Wildman–Crippen LogP) is -1.08. The third-order valence-corrected chi connectivity index (χ3v) is 2.06. The maximum Gasteiger partial charge on any atom is 0.233 e. The first-order chi connectivity index (χ1) is 6.29. The second-order valence-electron chi connectivity index (χ2n) is 3.09. The van der Waals surface area contributed by atoms with E-state index in [2.05, 4.69) is 15.5 Å². The Morgan fingerprint density at radius 3 is 3.00 bits per heavy atom. The molecule has 13 heavy (non-hydrogen) atoms. The van der Waals surface area contributed by atoms with Gasteiger partial charge in [0.1, 0.15) is 0 Å². The Balaban J connectivity index is 2.08. The summed E-state index contributed by atoms with van der Waals surface area (Å²) in [5.74, 6) is 0.940. The number of rotatable bonds is 2. The van der Waals surface area contributed by atoms with Gasteiger partial charge in [0.15, 0.2) is 0 Å². The molecule has 0 amide bonds. The van der Waals surface area contributed by atoms with Crippen molar-refractivity contribution in [1.82, 2.24) is 15.5 Å². The molecule has 0 radical (unpaired) electrons. The normalized spacial score (nSPS) is 28.2. The molecule has 1 aromatic heterocycles. The Morgan fingerprint density at radius 1 is 1.62 bits per heavy atom. The van der Waals surface area contributed by atoms with Gasteiger partial charge in [-0.3, -0.25) is 0 Å². The topological polar surface area (TPSA) is 97.2 Å². The number of hydrogen-bond acceptors (Lipinski definition) is 6. The lowest BCUT2D eigenvalue weighted by Crippen LogP contribution is -2.15. The predicted molar refractivity (Wildman–Crippen MR) is 43.6 cm³/mol. The molecular weight excluding hydrogens is 172 g/mol. The lowest BCUT2D eigenvalue weighted by Gasteiger charge is -2.01. The Bertz CT molecular complexity index is 288. The van der Waals surface area contributed by atoms with E-state index in [-0.39, 0.29) is 18.7 Å². The lowest BCUT2D eigenvalue weighted by atomic mass is 10.2. The van der Waals surface area contributed by atoms with Crippen molar-refractivity contribution in [2.24, 2.45) is 5.73 Å². The minimum atomic E-state index is -0.321. The Kier molecular flexibility index (Phi) is 2.26. The van der Waals surface area contributed by atoms with Crippen molar-refractivity contribution in [3.63, 3.8) is 0 Å². The number of nitrogens with zero attached hydrogens (tertiary/aromatic N) is 2. The summed E-state index contributed by atoms with van der Waals surface area (Å²) < 4.78 is 5.24. The van der Waals surface area contributed by atoms with Crippen molar-refractivity contribution in [1.29, 1.82) is 0 Å². The average Bonchev–Trinajstić information content (AvgIpc) is 2.71. The zero-order chi connectivity index (χ0) is 9.26. The van der Waals surface area contributed by atoms with Gasteiger partial charge in [0, 0.05) is 6.54 Å². The molecule has 1 saturated heterocycles. The number of nitrogens with two attached hydrogens (primary N) is 1. The van der Waals surface area contributed by atoms with Gasteiger partial charge < -0.3 is 20.6 Å². The highest BCUT2D eigenvalue weighted by Gasteiger charge is 2.27. The van der Waals surface area contributed by atoms with Gasteiger partial charge in [0.2, 0.25) is 11.8 Å². The largest absolute Gasteiger partial charge is 0.422 e. The van der Waals surface area contributed by atoms with E-state index >= 15 is 0 Å². The second-order valence-corrected chi connectivity index (χ2v) is 3.09. The molecule has 6 nitrogen and oxygen atoms in total. The minimum absolute atomic E-state index is 0.0252. The standard InChI is InChI=1S/C7H12N4O2/c8-2-6-10-11-7(13-6)5-1-4(12)3-9-5/h4-5,9,12H,1-3,8H2/t4-,5-/m1/s1. The van der Waals surface area contributed by atoms with E-state index in [1.165, 1.54) is 0 Å². The van der Waals surface area contributed by atoms with Crippen molar-refractivity contribution < 1.29 is 9.52 Å². The number of aliphatic hydroxyl groups excluding tert-OH is 1. The van der Waals surface area contributed by atoms with Gasteiger partial charge >= 0.3 is 0 Å². The summed E-state index contributed by atoms with van der Waals surface area (Å²) in [6.45, 7) is 0.827. The highest BCUT2D eigenvalue weighted by molar-refractivity contribution is 4.95. The Morgan fingerprint density at radius 2 is 2.46 bits per heavy atom. The molecule has 0 saturated carbocycles. The van der Waals surface area contributed by atoms with E-state index < -0.39 is 0 Å². The molecule has 0 bridgehead atoms. The molecule has 1 fully saturated rings.